The van der Waals surface area contributed by atoms with E-state index < -0.39 is 0 Å². The van der Waals surface area contributed by atoms with Crippen molar-refractivity contribution in [3.05, 3.63) is 35.4 Å². The molecule has 0 saturated heterocycles. The Morgan fingerprint density at radius 2 is 1.90 bits per heavy atom. The molecule has 0 rings (SSSR count). The highest BCUT2D eigenvalue weighted by Gasteiger charge is 1.90. The van der Waals surface area contributed by atoms with Gasteiger partial charge in [0.2, 0.25) is 0 Å². The quantitative estimate of drug-likeness (QED) is 0.548. The highest BCUT2D eigenvalue weighted by molar-refractivity contribution is 6.29. The maximum atomic E-state index is 5.62. The van der Waals surface area contributed by atoms with E-state index in [4.69, 9.17) is 11.6 Å². The molecule has 0 radical (unpaired) electrons. The van der Waals surface area contributed by atoms with Crippen molar-refractivity contribution in [2.75, 3.05) is 0 Å². The first-order valence-corrected chi connectivity index (χ1v) is 3.57. The van der Waals surface area contributed by atoms with Crippen LogP contribution in [0.1, 0.15) is 20.3 Å². The Morgan fingerprint density at radius 3 is 2.20 bits per heavy atom. The second-order valence-electron chi connectivity index (χ2n) is 2.38. The Kier molecular flexibility index (Phi) is 4.13. The predicted molar refractivity (Wildman–Crippen MR) is 48.2 cm³/mol. The molecule has 0 aliphatic rings. The van der Waals surface area contributed by atoms with E-state index in [0.717, 1.165) is 22.6 Å². The van der Waals surface area contributed by atoms with Crippen molar-refractivity contribution in [3.8, 4) is 0 Å². The second-order valence-corrected chi connectivity index (χ2v) is 2.98. The van der Waals surface area contributed by atoms with Crippen molar-refractivity contribution in [2.45, 2.75) is 20.3 Å². The van der Waals surface area contributed by atoms with E-state index in [0.29, 0.717) is 0 Å². The van der Waals surface area contributed by atoms with Crippen molar-refractivity contribution < 1.29 is 0 Å². The number of allylic oxidation sites excluding steroid dienone is 4. The van der Waals surface area contributed by atoms with Crippen molar-refractivity contribution in [1.82, 2.24) is 0 Å². The Balaban J connectivity index is 3.83. The zero-order valence-electron chi connectivity index (χ0n) is 6.58. The molecule has 0 aromatic carbocycles. The van der Waals surface area contributed by atoms with Gasteiger partial charge in [0.1, 0.15) is 0 Å². The minimum Gasteiger partial charge on any atom is -0.0958 e. The minimum absolute atomic E-state index is 0.808. The van der Waals surface area contributed by atoms with Gasteiger partial charge in [-0.05, 0) is 25.8 Å². The minimum atomic E-state index is 0.808. The van der Waals surface area contributed by atoms with Crippen LogP contribution in [0.4, 0.5) is 0 Å². The fourth-order valence-electron chi connectivity index (χ4n) is 0.438. The summed E-state index contributed by atoms with van der Waals surface area (Å²) in [6.45, 7) is 11.4. The van der Waals surface area contributed by atoms with Crippen LogP contribution in [-0.4, -0.2) is 0 Å². The number of hydrogen-bond donors (Lipinski definition) is 0. The van der Waals surface area contributed by atoms with E-state index >= 15 is 0 Å². The molecule has 56 valence electrons. The van der Waals surface area contributed by atoms with Crippen LogP contribution in [0, 0.1) is 0 Å². The molecule has 0 aliphatic heterocycles. The molecular formula is C9H13Cl. The number of hydrogen-bond acceptors (Lipinski definition) is 0. The lowest BCUT2D eigenvalue weighted by atomic mass is 10.1. The first-order chi connectivity index (χ1) is 4.54. The van der Waals surface area contributed by atoms with E-state index in [1.165, 1.54) is 0 Å². The average Bonchev–Trinajstić information content (AvgIpc) is 1.82. The van der Waals surface area contributed by atoms with Crippen LogP contribution in [0.5, 0.6) is 0 Å². The van der Waals surface area contributed by atoms with Gasteiger partial charge in [0, 0.05) is 5.03 Å². The summed E-state index contributed by atoms with van der Waals surface area (Å²) in [5.41, 5.74) is 2.06. The van der Waals surface area contributed by atoms with E-state index in [1.54, 1.807) is 0 Å². The van der Waals surface area contributed by atoms with Crippen molar-refractivity contribution in [2.24, 2.45) is 0 Å². The molecule has 0 saturated carbocycles. The molecule has 0 aromatic rings. The van der Waals surface area contributed by atoms with Crippen molar-refractivity contribution in [1.29, 1.82) is 0 Å². The molecule has 10 heavy (non-hydrogen) atoms. The maximum Gasteiger partial charge on any atom is 0.0113 e. The van der Waals surface area contributed by atoms with E-state index in [9.17, 15) is 0 Å². The van der Waals surface area contributed by atoms with Crippen LogP contribution in [-0.2, 0) is 0 Å². The molecule has 0 spiro atoms. The van der Waals surface area contributed by atoms with Gasteiger partial charge >= 0.3 is 0 Å². The Labute approximate surface area is 67.9 Å². The smallest absolute Gasteiger partial charge is 0.0113 e. The molecule has 0 fully saturated rings. The van der Waals surface area contributed by atoms with Gasteiger partial charge < -0.3 is 0 Å². The predicted octanol–water partition coefficient (Wildman–Crippen LogP) is 3.65. The molecular weight excluding hydrogens is 144 g/mol. The molecule has 0 bridgehead atoms. The normalized spacial score (nSPS) is 11.3. The van der Waals surface area contributed by atoms with Gasteiger partial charge in [-0.1, -0.05) is 36.4 Å². The first kappa shape index (κ1) is 9.51. The fraction of sp³-hybridized carbons (Fsp3) is 0.333. The molecule has 0 N–H and O–H groups in total. The van der Waals surface area contributed by atoms with E-state index in [1.807, 2.05) is 19.9 Å². The molecule has 0 atom stereocenters. The number of halogens is 1. The second kappa shape index (κ2) is 4.35. The lowest BCUT2D eigenvalue weighted by Gasteiger charge is -1.98. The molecule has 0 amide bonds. The third-order valence-electron chi connectivity index (χ3n) is 1.23. The SMILES string of the molecule is C=C(C)C(=C)C/C=C(/C)Cl. The van der Waals surface area contributed by atoms with Crippen molar-refractivity contribution >= 4 is 11.6 Å². The largest absolute Gasteiger partial charge is 0.0958 e. The fourth-order valence-corrected chi connectivity index (χ4v) is 0.515. The van der Waals surface area contributed by atoms with Gasteiger partial charge in [-0.2, -0.15) is 0 Å². The van der Waals surface area contributed by atoms with Gasteiger partial charge in [0.25, 0.3) is 0 Å². The van der Waals surface area contributed by atoms with Crippen LogP contribution in [0.15, 0.2) is 35.4 Å². The van der Waals surface area contributed by atoms with Crippen LogP contribution < -0.4 is 0 Å². The summed E-state index contributed by atoms with van der Waals surface area (Å²) < 4.78 is 0. The van der Waals surface area contributed by atoms with Gasteiger partial charge in [0.15, 0.2) is 0 Å². The third kappa shape index (κ3) is 4.39. The molecule has 0 unspecified atom stereocenters. The van der Waals surface area contributed by atoms with Crippen molar-refractivity contribution in [3.63, 3.8) is 0 Å². The van der Waals surface area contributed by atoms with Crippen LogP contribution in [0.2, 0.25) is 0 Å². The standard InChI is InChI=1S/C9H13Cl/c1-7(2)8(3)5-6-9(4)10/h6H,1,3,5H2,2,4H3/b9-6-. The maximum absolute atomic E-state index is 5.62. The highest BCUT2D eigenvalue weighted by Crippen LogP contribution is 2.11. The summed E-state index contributed by atoms with van der Waals surface area (Å²) in [6, 6.07) is 0. The first-order valence-electron chi connectivity index (χ1n) is 3.20. The summed E-state index contributed by atoms with van der Waals surface area (Å²) in [5, 5.41) is 0.808. The van der Waals surface area contributed by atoms with E-state index in [-0.39, 0.29) is 0 Å². The lowest BCUT2D eigenvalue weighted by molar-refractivity contribution is 1.22. The Hall–Kier alpha value is -0.490. The number of rotatable bonds is 3. The monoisotopic (exact) mass is 156 g/mol. The van der Waals surface area contributed by atoms with Gasteiger partial charge in [0.05, 0.1) is 0 Å². The molecule has 0 nitrogen and oxygen atoms in total. The summed E-state index contributed by atoms with van der Waals surface area (Å²) in [6.07, 6.45) is 2.74. The van der Waals surface area contributed by atoms with Crippen LogP contribution >= 0.6 is 11.6 Å². The van der Waals surface area contributed by atoms with Crippen LogP contribution in [0.25, 0.3) is 0 Å². The summed E-state index contributed by atoms with van der Waals surface area (Å²) in [4.78, 5) is 0. The summed E-state index contributed by atoms with van der Waals surface area (Å²) in [7, 11) is 0. The molecule has 0 heterocycles. The zero-order chi connectivity index (χ0) is 8.15. The summed E-state index contributed by atoms with van der Waals surface area (Å²) >= 11 is 5.62. The van der Waals surface area contributed by atoms with Crippen LogP contribution in [0.3, 0.4) is 0 Å². The Bertz CT molecular complexity index is 171. The molecule has 0 aliphatic carbocycles. The van der Waals surface area contributed by atoms with Gasteiger partial charge in [-0.3, -0.25) is 0 Å². The van der Waals surface area contributed by atoms with Gasteiger partial charge in [-0.15, -0.1) is 0 Å². The molecule has 0 aromatic heterocycles. The topological polar surface area (TPSA) is 0 Å². The van der Waals surface area contributed by atoms with Gasteiger partial charge in [-0.25, -0.2) is 0 Å². The Morgan fingerprint density at radius 1 is 1.40 bits per heavy atom. The zero-order valence-corrected chi connectivity index (χ0v) is 7.33. The molecule has 1 heteroatoms. The van der Waals surface area contributed by atoms with E-state index in [2.05, 4.69) is 13.2 Å². The highest BCUT2D eigenvalue weighted by atomic mass is 35.5. The third-order valence-corrected chi connectivity index (χ3v) is 1.39. The average molecular weight is 157 g/mol. The summed E-state index contributed by atoms with van der Waals surface area (Å²) in [5.74, 6) is 0. The lowest BCUT2D eigenvalue weighted by Crippen LogP contribution is -1.78.